The normalized spacial score (nSPS) is 18.0. The van der Waals surface area contributed by atoms with Crippen molar-refractivity contribution >= 4 is 17.5 Å². The summed E-state index contributed by atoms with van der Waals surface area (Å²) >= 11 is 0. The molecule has 2 amide bonds. The highest BCUT2D eigenvalue weighted by Crippen LogP contribution is 2.26. The molecule has 0 spiro atoms. The lowest BCUT2D eigenvalue weighted by Gasteiger charge is -2.33. The molecule has 3 rings (SSSR count). The minimum Gasteiger partial charge on any atom is -0.361 e. The van der Waals surface area contributed by atoms with E-state index in [0.717, 1.165) is 36.2 Å². The SMILES string of the molecule is Cc1cc(C(=O)N2CCCC[C@H]2C)ccc1NC(=O)[C@@H](C)c1c(C)noc1C. The van der Waals surface area contributed by atoms with Crippen molar-refractivity contribution < 1.29 is 14.1 Å². The molecule has 6 nitrogen and oxygen atoms in total. The zero-order chi connectivity index (χ0) is 20.4. The number of nitrogens with zero attached hydrogens (tertiary/aromatic N) is 2. The lowest BCUT2D eigenvalue weighted by Crippen LogP contribution is -2.42. The van der Waals surface area contributed by atoms with E-state index in [1.807, 2.05) is 44.7 Å². The van der Waals surface area contributed by atoms with Gasteiger partial charge in [-0.25, -0.2) is 0 Å². The number of hydrogen-bond donors (Lipinski definition) is 1. The summed E-state index contributed by atoms with van der Waals surface area (Å²) in [4.78, 5) is 27.5. The number of aromatic nitrogens is 1. The molecule has 2 atom stereocenters. The Hall–Kier alpha value is -2.63. The molecule has 1 aliphatic rings. The summed E-state index contributed by atoms with van der Waals surface area (Å²) in [6, 6.07) is 5.75. The third-order valence-electron chi connectivity index (χ3n) is 5.71. The Balaban J connectivity index is 1.74. The van der Waals surface area contributed by atoms with Crippen molar-refractivity contribution in [2.75, 3.05) is 11.9 Å². The second kappa shape index (κ2) is 8.17. The molecule has 0 unspecified atom stereocenters. The Morgan fingerprint density at radius 3 is 2.61 bits per heavy atom. The van der Waals surface area contributed by atoms with Crippen LogP contribution in [0.15, 0.2) is 22.7 Å². The van der Waals surface area contributed by atoms with Gasteiger partial charge < -0.3 is 14.7 Å². The van der Waals surface area contributed by atoms with E-state index in [4.69, 9.17) is 4.52 Å². The first-order valence-corrected chi connectivity index (χ1v) is 9.94. The standard InChI is InChI=1S/C22H29N3O3/c1-13-12-18(22(27)25-11-7-6-8-14(25)2)9-10-19(13)23-21(26)15(3)20-16(4)24-28-17(20)5/h9-10,12,14-15H,6-8,11H2,1-5H3,(H,23,26)/t14-,15+/m1/s1. The van der Waals surface area contributed by atoms with Gasteiger partial charge in [0.25, 0.3) is 5.91 Å². The average Bonchev–Trinajstić information content (AvgIpc) is 3.00. The number of hydrogen-bond acceptors (Lipinski definition) is 4. The van der Waals surface area contributed by atoms with Crippen LogP contribution >= 0.6 is 0 Å². The highest BCUT2D eigenvalue weighted by Gasteiger charge is 2.26. The molecular formula is C22H29N3O3. The van der Waals surface area contributed by atoms with Crippen molar-refractivity contribution in [3.8, 4) is 0 Å². The van der Waals surface area contributed by atoms with Crippen molar-refractivity contribution in [1.29, 1.82) is 0 Å². The Morgan fingerprint density at radius 2 is 2.00 bits per heavy atom. The van der Waals surface area contributed by atoms with Gasteiger partial charge in [0.15, 0.2) is 0 Å². The molecule has 1 aliphatic heterocycles. The summed E-state index contributed by atoms with van der Waals surface area (Å²) in [5.41, 5.74) is 3.80. The predicted molar refractivity (Wildman–Crippen MR) is 109 cm³/mol. The highest BCUT2D eigenvalue weighted by molar-refractivity contribution is 5.98. The number of likely N-dealkylation sites (tertiary alicyclic amines) is 1. The number of nitrogens with one attached hydrogen (secondary N) is 1. The van der Waals surface area contributed by atoms with Gasteiger partial charge in [-0.05, 0) is 77.6 Å². The van der Waals surface area contributed by atoms with E-state index in [9.17, 15) is 9.59 Å². The fourth-order valence-electron chi connectivity index (χ4n) is 3.98. The first kappa shape index (κ1) is 20.1. The lowest BCUT2D eigenvalue weighted by molar-refractivity contribution is -0.117. The highest BCUT2D eigenvalue weighted by atomic mass is 16.5. The minimum absolute atomic E-state index is 0.0669. The van der Waals surface area contributed by atoms with Gasteiger partial charge in [-0.1, -0.05) is 5.16 Å². The van der Waals surface area contributed by atoms with Crippen LogP contribution in [-0.4, -0.2) is 34.5 Å². The molecule has 28 heavy (non-hydrogen) atoms. The van der Waals surface area contributed by atoms with Gasteiger partial charge in [-0.2, -0.15) is 0 Å². The summed E-state index contributed by atoms with van der Waals surface area (Å²) in [5.74, 6) is 0.230. The predicted octanol–water partition coefficient (Wildman–Crippen LogP) is 4.36. The Labute approximate surface area is 166 Å². The molecule has 6 heteroatoms. The molecule has 1 aromatic carbocycles. The fourth-order valence-corrected chi connectivity index (χ4v) is 3.98. The zero-order valence-electron chi connectivity index (χ0n) is 17.3. The van der Waals surface area contributed by atoms with Crippen LogP contribution < -0.4 is 5.32 Å². The molecule has 1 saturated heterocycles. The monoisotopic (exact) mass is 383 g/mol. The van der Waals surface area contributed by atoms with Crippen LogP contribution in [0.2, 0.25) is 0 Å². The quantitative estimate of drug-likeness (QED) is 0.851. The summed E-state index contributed by atoms with van der Waals surface area (Å²) in [6.45, 7) is 10.3. The van der Waals surface area contributed by atoms with E-state index in [1.54, 1.807) is 6.07 Å². The van der Waals surface area contributed by atoms with E-state index in [2.05, 4.69) is 17.4 Å². The maximum Gasteiger partial charge on any atom is 0.254 e. The first-order chi connectivity index (χ1) is 13.3. The van der Waals surface area contributed by atoms with Crippen LogP contribution in [0.1, 0.15) is 72.0 Å². The number of carbonyl (C=O) groups excluding carboxylic acids is 2. The molecule has 0 bridgehead atoms. The molecular weight excluding hydrogens is 354 g/mol. The van der Waals surface area contributed by atoms with Gasteiger partial charge in [0.1, 0.15) is 5.76 Å². The molecule has 1 N–H and O–H groups in total. The van der Waals surface area contributed by atoms with Crippen molar-refractivity contribution in [2.24, 2.45) is 0 Å². The summed E-state index contributed by atoms with van der Waals surface area (Å²) in [7, 11) is 0. The van der Waals surface area contributed by atoms with E-state index in [1.165, 1.54) is 6.42 Å². The number of rotatable bonds is 4. The van der Waals surface area contributed by atoms with Crippen molar-refractivity contribution in [2.45, 2.75) is 65.8 Å². The third kappa shape index (κ3) is 3.96. The topological polar surface area (TPSA) is 75.4 Å². The van der Waals surface area contributed by atoms with Gasteiger partial charge in [0, 0.05) is 29.4 Å². The molecule has 2 heterocycles. The molecule has 0 saturated carbocycles. The van der Waals surface area contributed by atoms with Gasteiger partial charge in [0.05, 0.1) is 11.6 Å². The van der Waals surface area contributed by atoms with E-state index in [-0.39, 0.29) is 23.8 Å². The van der Waals surface area contributed by atoms with Crippen LogP contribution in [0.3, 0.4) is 0 Å². The number of benzene rings is 1. The Morgan fingerprint density at radius 1 is 1.25 bits per heavy atom. The first-order valence-electron chi connectivity index (χ1n) is 9.94. The van der Waals surface area contributed by atoms with Gasteiger partial charge in [0.2, 0.25) is 5.91 Å². The van der Waals surface area contributed by atoms with Crippen LogP contribution in [0.5, 0.6) is 0 Å². The van der Waals surface area contributed by atoms with Gasteiger partial charge in [-0.3, -0.25) is 9.59 Å². The third-order valence-corrected chi connectivity index (χ3v) is 5.71. The van der Waals surface area contributed by atoms with Crippen LogP contribution in [0, 0.1) is 20.8 Å². The molecule has 0 aliphatic carbocycles. The van der Waals surface area contributed by atoms with Crippen LogP contribution in [-0.2, 0) is 4.79 Å². The second-order valence-electron chi connectivity index (χ2n) is 7.82. The van der Waals surface area contributed by atoms with E-state index >= 15 is 0 Å². The number of aryl methyl sites for hydroxylation is 3. The Bertz CT molecular complexity index is 868. The van der Waals surface area contributed by atoms with Crippen LogP contribution in [0.4, 0.5) is 5.69 Å². The van der Waals surface area contributed by atoms with Crippen molar-refractivity contribution in [1.82, 2.24) is 10.1 Å². The second-order valence-corrected chi connectivity index (χ2v) is 7.82. The minimum atomic E-state index is -0.374. The molecule has 1 aromatic heterocycles. The zero-order valence-corrected chi connectivity index (χ0v) is 17.3. The molecule has 2 aromatic rings. The smallest absolute Gasteiger partial charge is 0.254 e. The largest absolute Gasteiger partial charge is 0.361 e. The fraction of sp³-hybridized carbons (Fsp3) is 0.500. The van der Waals surface area contributed by atoms with Gasteiger partial charge in [-0.15, -0.1) is 0 Å². The molecule has 0 radical (unpaired) electrons. The maximum atomic E-state index is 12.9. The number of anilines is 1. The van der Waals surface area contributed by atoms with Crippen molar-refractivity contribution in [3.63, 3.8) is 0 Å². The average molecular weight is 383 g/mol. The van der Waals surface area contributed by atoms with E-state index in [0.29, 0.717) is 17.0 Å². The van der Waals surface area contributed by atoms with Gasteiger partial charge >= 0.3 is 0 Å². The summed E-state index contributed by atoms with van der Waals surface area (Å²) in [6.07, 6.45) is 3.29. The van der Waals surface area contributed by atoms with E-state index < -0.39 is 0 Å². The van der Waals surface area contributed by atoms with Crippen molar-refractivity contribution in [3.05, 3.63) is 46.3 Å². The summed E-state index contributed by atoms with van der Waals surface area (Å²) < 4.78 is 5.18. The molecule has 1 fully saturated rings. The maximum absolute atomic E-state index is 12.9. The number of amides is 2. The number of carbonyl (C=O) groups is 2. The number of piperidine rings is 1. The Kier molecular flexibility index (Phi) is 5.87. The summed E-state index contributed by atoms with van der Waals surface area (Å²) in [5, 5.41) is 6.90. The molecule has 150 valence electrons. The lowest BCUT2D eigenvalue weighted by atomic mass is 9.98. The van der Waals surface area contributed by atoms with Crippen LogP contribution in [0.25, 0.3) is 0 Å².